The standard InChI is InChI=1S/C21H26N2O/c1-3-10-18-20(23-24)15(2)19(16-11-6-4-7-12-16)22-21(18)17-13-8-5-9-14-17/h4-9,11-15,18-19,21-22,24H,3,10H2,1-2H3. The molecule has 0 aromatic heterocycles. The Hall–Kier alpha value is -2.13. The molecule has 1 heterocycles. The van der Waals surface area contributed by atoms with Crippen molar-refractivity contribution in [2.45, 2.75) is 38.8 Å². The Morgan fingerprint density at radius 2 is 1.46 bits per heavy atom. The van der Waals surface area contributed by atoms with Gasteiger partial charge in [-0.05, 0) is 17.5 Å². The van der Waals surface area contributed by atoms with Crippen LogP contribution in [0.1, 0.15) is 49.9 Å². The van der Waals surface area contributed by atoms with E-state index in [4.69, 9.17) is 0 Å². The second kappa shape index (κ2) is 7.63. The van der Waals surface area contributed by atoms with Crippen molar-refractivity contribution in [3.05, 3.63) is 71.8 Å². The highest BCUT2D eigenvalue weighted by Crippen LogP contribution is 2.40. The van der Waals surface area contributed by atoms with Gasteiger partial charge in [-0.3, -0.25) is 0 Å². The quantitative estimate of drug-likeness (QED) is 0.617. The van der Waals surface area contributed by atoms with E-state index in [0.717, 1.165) is 18.6 Å². The molecule has 4 unspecified atom stereocenters. The van der Waals surface area contributed by atoms with E-state index in [1.54, 1.807) is 0 Å². The average Bonchev–Trinajstić information content (AvgIpc) is 2.64. The van der Waals surface area contributed by atoms with E-state index in [1.807, 2.05) is 12.1 Å². The number of hydrogen-bond donors (Lipinski definition) is 2. The van der Waals surface area contributed by atoms with Gasteiger partial charge < -0.3 is 10.5 Å². The molecule has 2 aromatic rings. The monoisotopic (exact) mass is 322 g/mol. The predicted molar refractivity (Wildman–Crippen MR) is 98.3 cm³/mol. The first-order chi connectivity index (χ1) is 11.8. The van der Waals surface area contributed by atoms with Gasteiger partial charge in [-0.2, -0.15) is 0 Å². The van der Waals surface area contributed by atoms with Crippen LogP contribution in [0.25, 0.3) is 0 Å². The predicted octanol–water partition coefficient (Wildman–Crippen LogP) is 4.95. The third-order valence-corrected chi connectivity index (χ3v) is 5.14. The Labute approximate surface area is 144 Å². The van der Waals surface area contributed by atoms with Crippen LogP contribution < -0.4 is 5.32 Å². The van der Waals surface area contributed by atoms with E-state index in [-0.39, 0.29) is 23.9 Å². The zero-order valence-electron chi connectivity index (χ0n) is 14.4. The van der Waals surface area contributed by atoms with Gasteiger partial charge in [0, 0.05) is 23.9 Å². The Morgan fingerprint density at radius 1 is 0.917 bits per heavy atom. The molecule has 3 nitrogen and oxygen atoms in total. The van der Waals surface area contributed by atoms with Gasteiger partial charge in [0.1, 0.15) is 0 Å². The molecule has 0 radical (unpaired) electrons. The molecule has 3 rings (SSSR count). The van der Waals surface area contributed by atoms with E-state index in [1.165, 1.54) is 11.1 Å². The molecule has 3 heteroatoms. The number of piperidine rings is 1. The van der Waals surface area contributed by atoms with Gasteiger partial charge in [-0.25, -0.2) is 0 Å². The lowest BCUT2D eigenvalue weighted by Crippen LogP contribution is -2.47. The zero-order chi connectivity index (χ0) is 16.9. The minimum Gasteiger partial charge on any atom is -0.411 e. The fourth-order valence-electron chi connectivity index (χ4n) is 3.96. The molecule has 0 aliphatic carbocycles. The van der Waals surface area contributed by atoms with Crippen LogP contribution in [0, 0.1) is 11.8 Å². The zero-order valence-corrected chi connectivity index (χ0v) is 14.4. The Morgan fingerprint density at radius 3 is 1.96 bits per heavy atom. The summed E-state index contributed by atoms with van der Waals surface area (Å²) in [6, 6.07) is 21.3. The van der Waals surface area contributed by atoms with Crippen LogP contribution in [0.3, 0.4) is 0 Å². The summed E-state index contributed by atoms with van der Waals surface area (Å²) in [5, 5.41) is 17.3. The van der Waals surface area contributed by atoms with Gasteiger partial charge in [-0.1, -0.05) is 86.1 Å². The van der Waals surface area contributed by atoms with E-state index in [0.29, 0.717) is 0 Å². The van der Waals surface area contributed by atoms with Crippen molar-refractivity contribution in [3.8, 4) is 0 Å². The van der Waals surface area contributed by atoms with Crippen LogP contribution in [0.15, 0.2) is 65.8 Å². The second-order valence-corrected chi connectivity index (χ2v) is 6.65. The normalized spacial score (nSPS) is 28.8. The third kappa shape index (κ3) is 3.22. The minimum absolute atomic E-state index is 0.149. The lowest BCUT2D eigenvalue weighted by atomic mass is 9.73. The summed E-state index contributed by atoms with van der Waals surface area (Å²) in [6.45, 7) is 4.34. The van der Waals surface area contributed by atoms with Gasteiger partial charge in [0.15, 0.2) is 0 Å². The lowest BCUT2D eigenvalue weighted by molar-refractivity contribution is 0.258. The fourth-order valence-corrected chi connectivity index (χ4v) is 3.96. The van der Waals surface area contributed by atoms with Crippen molar-refractivity contribution in [2.24, 2.45) is 17.0 Å². The first-order valence-corrected chi connectivity index (χ1v) is 8.84. The highest BCUT2D eigenvalue weighted by atomic mass is 16.4. The van der Waals surface area contributed by atoms with E-state index < -0.39 is 0 Å². The Kier molecular flexibility index (Phi) is 5.31. The molecule has 0 bridgehead atoms. The molecule has 0 saturated carbocycles. The topological polar surface area (TPSA) is 44.6 Å². The van der Waals surface area contributed by atoms with Crippen molar-refractivity contribution >= 4 is 5.71 Å². The molecule has 4 atom stereocenters. The maximum atomic E-state index is 9.75. The van der Waals surface area contributed by atoms with Crippen LogP contribution in [0.2, 0.25) is 0 Å². The number of nitrogens with one attached hydrogen (secondary N) is 1. The summed E-state index contributed by atoms with van der Waals surface area (Å²) in [5.41, 5.74) is 3.41. The van der Waals surface area contributed by atoms with Crippen molar-refractivity contribution in [1.29, 1.82) is 0 Å². The summed E-state index contributed by atoms with van der Waals surface area (Å²) in [5.74, 6) is 0.381. The number of nitrogens with zero attached hydrogens (tertiary/aromatic N) is 1. The van der Waals surface area contributed by atoms with Crippen LogP contribution in [0.5, 0.6) is 0 Å². The molecule has 0 amide bonds. The highest BCUT2D eigenvalue weighted by molar-refractivity contribution is 5.90. The summed E-state index contributed by atoms with van der Waals surface area (Å²) < 4.78 is 0. The van der Waals surface area contributed by atoms with Crippen molar-refractivity contribution < 1.29 is 5.21 Å². The number of benzene rings is 2. The van der Waals surface area contributed by atoms with Gasteiger partial charge in [-0.15, -0.1) is 0 Å². The first kappa shape index (κ1) is 16.7. The summed E-state index contributed by atoms with van der Waals surface area (Å²) in [7, 11) is 0. The maximum Gasteiger partial charge on any atom is 0.0667 e. The fraction of sp³-hybridized carbons (Fsp3) is 0.381. The van der Waals surface area contributed by atoms with Crippen molar-refractivity contribution in [3.63, 3.8) is 0 Å². The van der Waals surface area contributed by atoms with Crippen LogP contribution in [-0.2, 0) is 0 Å². The largest absolute Gasteiger partial charge is 0.411 e. The average molecular weight is 322 g/mol. The number of oxime groups is 1. The van der Waals surface area contributed by atoms with Crippen LogP contribution >= 0.6 is 0 Å². The van der Waals surface area contributed by atoms with E-state index in [9.17, 15) is 5.21 Å². The van der Waals surface area contributed by atoms with Crippen molar-refractivity contribution in [2.75, 3.05) is 0 Å². The highest BCUT2D eigenvalue weighted by Gasteiger charge is 2.40. The first-order valence-electron chi connectivity index (χ1n) is 8.84. The smallest absolute Gasteiger partial charge is 0.0667 e. The van der Waals surface area contributed by atoms with Gasteiger partial charge in [0.05, 0.1) is 5.71 Å². The molecule has 2 N–H and O–H groups in total. The minimum atomic E-state index is 0.149. The molecule has 0 spiro atoms. The molecule has 1 fully saturated rings. The van der Waals surface area contributed by atoms with Gasteiger partial charge in [0.25, 0.3) is 0 Å². The molecular weight excluding hydrogens is 296 g/mol. The molecular formula is C21H26N2O. The molecule has 24 heavy (non-hydrogen) atoms. The molecule has 1 aliphatic heterocycles. The van der Waals surface area contributed by atoms with Gasteiger partial charge in [0.2, 0.25) is 0 Å². The number of hydrogen-bond acceptors (Lipinski definition) is 3. The van der Waals surface area contributed by atoms with E-state index >= 15 is 0 Å². The molecule has 1 aliphatic rings. The second-order valence-electron chi connectivity index (χ2n) is 6.65. The Balaban J connectivity index is 2.01. The van der Waals surface area contributed by atoms with Gasteiger partial charge >= 0.3 is 0 Å². The Bertz CT molecular complexity index is 669. The molecule has 126 valence electrons. The summed E-state index contributed by atoms with van der Waals surface area (Å²) in [6.07, 6.45) is 2.08. The third-order valence-electron chi connectivity index (χ3n) is 5.14. The SMILES string of the molecule is CCCC1C(=NO)C(C)C(c2ccccc2)NC1c1ccccc1. The van der Waals surface area contributed by atoms with Crippen molar-refractivity contribution in [1.82, 2.24) is 5.32 Å². The molecule has 1 saturated heterocycles. The molecule has 2 aromatic carbocycles. The summed E-state index contributed by atoms with van der Waals surface area (Å²) >= 11 is 0. The maximum absolute atomic E-state index is 9.75. The lowest BCUT2D eigenvalue weighted by Gasteiger charge is -2.42. The van der Waals surface area contributed by atoms with Crippen LogP contribution in [-0.4, -0.2) is 10.9 Å². The van der Waals surface area contributed by atoms with Crippen LogP contribution in [0.4, 0.5) is 0 Å². The number of rotatable bonds is 4. The van der Waals surface area contributed by atoms with E-state index in [2.05, 4.69) is 72.9 Å². The summed E-state index contributed by atoms with van der Waals surface area (Å²) in [4.78, 5) is 0.